The van der Waals surface area contributed by atoms with Crippen LogP contribution in [-0.2, 0) is 19.5 Å². The molecule has 2 aromatic rings. The lowest BCUT2D eigenvalue weighted by atomic mass is 10.1. The molecule has 11 heteroatoms. The number of esters is 1. The second-order valence-electron chi connectivity index (χ2n) is 6.83. The molecular formula is C20H25N3O5S3. The Kier molecular flexibility index (Phi) is 7.65. The van der Waals surface area contributed by atoms with Gasteiger partial charge in [-0.15, -0.1) is 11.3 Å². The standard InChI is InChI=1S/C20H25N3O5S3/c1-4-28-19(24)17-13(2)14(3)30-18(17)22-20(29)21-15-5-7-16(8-6-15)31(25,26)23-9-11-27-12-10-23/h5-8H,4,9-12H2,1-3H3,(H2,21,22,29). The van der Waals surface area contributed by atoms with E-state index in [1.54, 1.807) is 31.2 Å². The van der Waals surface area contributed by atoms with Crippen molar-refractivity contribution in [2.45, 2.75) is 25.7 Å². The summed E-state index contributed by atoms with van der Waals surface area (Å²) in [6.07, 6.45) is 0. The highest BCUT2D eigenvalue weighted by Gasteiger charge is 2.26. The van der Waals surface area contributed by atoms with Crippen molar-refractivity contribution >= 4 is 55.3 Å². The summed E-state index contributed by atoms with van der Waals surface area (Å²) in [5.41, 5.74) is 1.95. The number of carbonyl (C=O) groups is 1. The predicted molar refractivity (Wildman–Crippen MR) is 126 cm³/mol. The lowest BCUT2D eigenvalue weighted by Crippen LogP contribution is -2.40. The summed E-state index contributed by atoms with van der Waals surface area (Å²) in [5.74, 6) is -0.396. The summed E-state index contributed by atoms with van der Waals surface area (Å²) in [4.78, 5) is 13.5. The number of benzene rings is 1. The van der Waals surface area contributed by atoms with E-state index < -0.39 is 16.0 Å². The molecule has 0 spiro atoms. The second-order valence-corrected chi connectivity index (χ2v) is 10.4. The van der Waals surface area contributed by atoms with Crippen molar-refractivity contribution in [3.05, 3.63) is 40.3 Å². The van der Waals surface area contributed by atoms with E-state index in [9.17, 15) is 13.2 Å². The van der Waals surface area contributed by atoms with Gasteiger partial charge in [-0.1, -0.05) is 0 Å². The summed E-state index contributed by atoms with van der Waals surface area (Å²) < 4.78 is 37.2. The van der Waals surface area contributed by atoms with Gasteiger partial charge in [-0.25, -0.2) is 13.2 Å². The number of nitrogens with zero attached hydrogens (tertiary/aromatic N) is 1. The number of hydrogen-bond acceptors (Lipinski definition) is 7. The molecule has 0 aliphatic carbocycles. The second kappa shape index (κ2) is 10.0. The van der Waals surface area contributed by atoms with Crippen LogP contribution in [0.25, 0.3) is 0 Å². The molecule has 0 radical (unpaired) electrons. The van der Waals surface area contributed by atoms with E-state index in [0.717, 1.165) is 10.4 Å². The minimum absolute atomic E-state index is 0.216. The Labute approximate surface area is 191 Å². The number of ether oxygens (including phenoxy) is 2. The van der Waals surface area contributed by atoms with Crippen LogP contribution in [0.3, 0.4) is 0 Å². The first-order valence-electron chi connectivity index (χ1n) is 9.77. The zero-order valence-electron chi connectivity index (χ0n) is 17.6. The van der Waals surface area contributed by atoms with Crippen LogP contribution >= 0.6 is 23.6 Å². The fourth-order valence-electron chi connectivity index (χ4n) is 3.08. The number of carbonyl (C=O) groups excluding carboxylic acids is 1. The molecule has 31 heavy (non-hydrogen) atoms. The zero-order valence-corrected chi connectivity index (χ0v) is 20.0. The molecule has 2 N–H and O–H groups in total. The van der Waals surface area contributed by atoms with Crippen LogP contribution in [0.4, 0.5) is 10.7 Å². The minimum Gasteiger partial charge on any atom is -0.462 e. The van der Waals surface area contributed by atoms with Gasteiger partial charge in [0.05, 0.1) is 30.3 Å². The molecule has 0 saturated carbocycles. The molecule has 168 valence electrons. The smallest absolute Gasteiger partial charge is 0.341 e. The number of thiocarbonyl (C=S) groups is 1. The van der Waals surface area contributed by atoms with Gasteiger partial charge < -0.3 is 20.1 Å². The Morgan fingerprint density at radius 3 is 2.45 bits per heavy atom. The lowest BCUT2D eigenvalue weighted by molar-refractivity contribution is 0.0527. The van der Waals surface area contributed by atoms with Crippen molar-refractivity contribution in [1.29, 1.82) is 0 Å². The Hall–Kier alpha value is -2.05. The van der Waals surface area contributed by atoms with Crippen LogP contribution in [-0.4, -0.2) is 56.7 Å². The van der Waals surface area contributed by atoms with Crippen molar-refractivity contribution in [1.82, 2.24) is 4.31 Å². The summed E-state index contributed by atoms with van der Waals surface area (Å²) >= 11 is 6.80. The van der Waals surface area contributed by atoms with Gasteiger partial charge in [0.25, 0.3) is 0 Å². The molecule has 0 bridgehead atoms. The highest BCUT2D eigenvalue weighted by Crippen LogP contribution is 2.33. The van der Waals surface area contributed by atoms with Crippen LogP contribution in [0.2, 0.25) is 0 Å². The van der Waals surface area contributed by atoms with Gasteiger partial charge in [-0.2, -0.15) is 4.31 Å². The number of thiophene rings is 1. The third kappa shape index (κ3) is 5.42. The maximum Gasteiger partial charge on any atom is 0.341 e. The average molecular weight is 484 g/mol. The number of nitrogens with one attached hydrogen (secondary N) is 2. The van der Waals surface area contributed by atoms with Gasteiger partial charge in [0.2, 0.25) is 10.0 Å². The Balaban J connectivity index is 1.69. The van der Waals surface area contributed by atoms with Gasteiger partial charge in [-0.3, -0.25) is 0 Å². The predicted octanol–water partition coefficient (Wildman–Crippen LogP) is 3.37. The summed E-state index contributed by atoms with van der Waals surface area (Å²) in [6, 6.07) is 6.38. The molecule has 3 rings (SSSR count). The van der Waals surface area contributed by atoms with Gasteiger partial charge >= 0.3 is 5.97 Å². The number of morpholine rings is 1. The SMILES string of the molecule is CCOC(=O)c1c(NC(=S)Nc2ccc(S(=O)(=O)N3CCOCC3)cc2)sc(C)c1C. The largest absolute Gasteiger partial charge is 0.462 e. The topological polar surface area (TPSA) is 97.0 Å². The van der Waals surface area contributed by atoms with Crippen molar-refractivity contribution in [2.75, 3.05) is 43.5 Å². The van der Waals surface area contributed by atoms with Crippen molar-refractivity contribution in [3.8, 4) is 0 Å². The normalized spacial score (nSPS) is 14.8. The van der Waals surface area contributed by atoms with E-state index in [1.807, 2.05) is 13.8 Å². The zero-order chi connectivity index (χ0) is 22.6. The van der Waals surface area contributed by atoms with Crippen LogP contribution < -0.4 is 10.6 Å². The molecule has 1 fully saturated rings. The number of anilines is 2. The monoisotopic (exact) mass is 483 g/mol. The first-order chi connectivity index (χ1) is 14.7. The highest BCUT2D eigenvalue weighted by molar-refractivity contribution is 7.89. The molecular weight excluding hydrogens is 458 g/mol. The molecule has 1 aliphatic rings. The lowest BCUT2D eigenvalue weighted by Gasteiger charge is -2.26. The minimum atomic E-state index is -3.55. The summed E-state index contributed by atoms with van der Waals surface area (Å²) in [6.45, 7) is 7.33. The maximum atomic E-state index is 12.7. The summed E-state index contributed by atoms with van der Waals surface area (Å²) in [5, 5.41) is 6.97. The molecule has 8 nitrogen and oxygen atoms in total. The van der Waals surface area contributed by atoms with E-state index in [-0.39, 0.29) is 16.6 Å². The number of sulfonamides is 1. The summed E-state index contributed by atoms with van der Waals surface area (Å²) in [7, 11) is -3.55. The average Bonchev–Trinajstić information content (AvgIpc) is 3.02. The van der Waals surface area contributed by atoms with E-state index in [0.29, 0.717) is 42.6 Å². The van der Waals surface area contributed by atoms with Crippen molar-refractivity contribution < 1.29 is 22.7 Å². The fraction of sp³-hybridized carbons (Fsp3) is 0.400. The first-order valence-corrected chi connectivity index (χ1v) is 12.4. The van der Waals surface area contributed by atoms with Crippen LogP contribution in [0.5, 0.6) is 0 Å². The molecule has 1 aliphatic heterocycles. The molecule has 1 aromatic heterocycles. The quantitative estimate of drug-likeness (QED) is 0.477. The fourth-order valence-corrected chi connectivity index (χ4v) is 5.82. The third-order valence-corrected chi connectivity index (χ3v) is 8.05. The molecule has 2 heterocycles. The Morgan fingerprint density at radius 1 is 1.19 bits per heavy atom. The van der Waals surface area contributed by atoms with Gasteiger partial charge in [0.15, 0.2) is 5.11 Å². The van der Waals surface area contributed by atoms with E-state index in [4.69, 9.17) is 21.7 Å². The van der Waals surface area contributed by atoms with E-state index in [2.05, 4.69) is 10.6 Å². The first kappa shape index (κ1) is 23.6. The molecule has 0 amide bonds. The molecule has 0 atom stereocenters. The van der Waals surface area contributed by atoms with Crippen molar-refractivity contribution in [2.24, 2.45) is 0 Å². The van der Waals surface area contributed by atoms with Crippen LogP contribution in [0, 0.1) is 13.8 Å². The van der Waals surface area contributed by atoms with Crippen LogP contribution in [0.15, 0.2) is 29.2 Å². The van der Waals surface area contributed by atoms with Gasteiger partial charge in [0.1, 0.15) is 5.00 Å². The van der Waals surface area contributed by atoms with Crippen LogP contribution in [0.1, 0.15) is 27.7 Å². The van der Waals surface area contributed by atoms with E-state index in [1.165, 1.54) is 15.6 Å². The van der Waals surface area contributed by atoms with Crippen molar-refractivity contribution in [3.63, 3.8) is 0 Å². The molecule has 1 saturated heterocycles. The number of hydrogen-bond donors (Lipinski definition) is 2. The number of rotatable bonds is 6. The number of aryl methyl sites for hydroxylation is 1. The highest BCUT2D eigenvalue weighted by atomic mass is 32.2. The molecule has 0 unspecified atom stereocenters. The van der Waals surface area contributed by atoms with E-state index >= 15 is 0 Å². The maximum absolute atomic E-state index is 12.7. The third-order valence-electron chi connectivity index (χ3n) is 4.81. The Morgan fingerprint density at radius 2 is 1.84 bits per heavy atom. The van der Waals surface area contributed by atoms with Gasteiger partial charge in [0, 0.05) is 23.7 Å². The molecule has 1 aromatic carbocycles. The Bertz CT molecular complexity index is 1060. The van der Waals surface area contributed by atoms with Gasteiger partial charge in [-0.05, 0) is 62.8 Å².